The third kappa shape index (κ3) is 3.13. The van der Waals surface area contributed by atoms with Crippen LogP contribution in [0.25, 0.3) is 6.08 Å². The second-order valence-corrected chi connectivity index (χ2v) is 4.81. The predicted octanol–water partition coefficient (Wildman–Crippen LogP) is 3.16. The molecule has 1 N–H and O–H groups in total. The van der Waals surface area contributed by atoms with Crippen molar-refractivity contribution >= 4 is 17.7 Å². The van der Waals surface area contributed by atoms with Crippen LogP contribution in [0.3, 0.4) is 0 Å². The van der Waals surface area contributed by atoms with Crippen LogP contribution in [0.1, 0.15) is 31.2 Å². The van der Waals surface area contributed by atoms with Gasteiger partial charge in [0.15, 0.2) is 0 Å². The topological polar surface area (TPSA) is 40.5 Å². The SMILES string of the molecule is CN(c1ccc(/C=C/C(=O)O)cc1)C1CCCC1. The molecule has 1 aromatic carbocycles. The fraction of sp³-hybridized carbons (Fsp3) is 0.400. The molecule has 0 amide bonds. The van der Waals surface area contributed by atoms with E-state index in [0.29, 0.717) is 6.04 Å². The Morgan fingerprint density at radius 3 is 2.44 bits per heavy atom. The van der Waals surface area contributed by atoms with Gasteiger partial charge in [0.05, 0.1) is 0 Å². The molecule has 0 unspecified atom stereocenters. The molecule has 3 heteroatoms. The minimum absolute atomic E-state index is 0.658. The number of hydrogen-bond acceptors (Lipinski definition) is 2. The molecule has 3 nitrogen and oxygen atoms in total. The molecule has 0 saturated heterocycles. The van der Waals surface area contributed by atoms with Gasteiger partial charge in [-0.05, 0) is 36.6 Å². The Bertz CT molecular complexity index is 430. The Kier molecular flexibility index (Phi) is 4.03. The van der Waals surface area contributed by atoms with E-state index in [1.54, 1.807) is 6.08 Å². The molecule has 1 aliphatic carbocycles. The van der Waals surface area contributed by atoms with Gasteiger partial charge >= 0.3 is 5.97 Å². The van der Waals surface area contributed by atoms with E-state index in [2.05, 4.69) is 24.1 Å². The van der Waals surface area contributed by atoms with E-state index in [-0.39, 0.29) is 0 Å². The standard InChI is InChI=1S/C15H19NO2/c1-16(13-4-2-3-5-13)14-9-6-12(7-10-14)8-11-15(17)18/h6-11,13H,2-5H2,1H3,(H,17,18)/b11-8+. The number of carboxylic acids is 1. The first-order valence-corrected chi connectivity index (χ1v) is 6.41. The second-order valence-electron chi connectivity index (χ2n) is 4.81. The van der Waals surface area contributed by atoms with Gasteiger partial charge in [-0.2, -0.15) is 0 Å². The van der Waals surface area contributed by atoms with Crippen LogP contribution in [-0.2, 0) is 4.79 Å². The van der Waals surface area contributed by atoms with E-state index >= 15 is 0 Å². The van der Waals surface area contributed by atoms with Gasteiger partial charge in [0.2, 0.25) is 0 Å². The first-order chi connectivity index (χ1) is 8.66. The summed E-state index contributed by atoms with van der Waals surface area (Å²) in [6.45, 7) is 0. The lowest BCUT2D eigenvalue weighted by atomic mass is 10.1. The molecule has 1 fully saturated rings. The van der Waals surface area contributed by atoms with Crippen molar-refractivity contribution in [1.82, 2.24) is 0 Å². The fourth-order valence-corrected chi connectivity index (χ4v) is 2.49. The summed E-state index contributed by atoms with van der Waals surface area (Å²) in [6.07, 6.45) is 7.98. The Morgan fingerprint density at radius 1 is 1.28 bits per heavy atom. The van der Waals surface area contributed by atoms with E-state index in [0.717, 1.165) is 11.6 Å². The van der Waals surface area contributed by atoms with Gasteiger partial charge in [-0.25, -0.2) is 4.79 Å². The van der Waals surface area contributed by atoms with Crippen LogP contribution in [0, 0.1) is 0 Å². The van der Waals surface area contributed by atoms with Crippen LogP contribution in [0.15, 0.2) is 30.3 Å². The van der Waals surface area contributed by atoms with Gasteiger partial charge in [0, 0.05) is 24.9 Å². The summed E-state index contributed by atoms with van der Waals surface area (Å²) in [5.74, 6) is -0.915. The largest absolute Gasteiger partial charge is 0.478 e. The van der Waals surface area contributed by atoms with Crippen molar-refractivity contribution in [3.63, 3.8) is 0 Å². The van der Waals surface area contributed by atoms with Crippen LogP contribution in [-0.4, -0.2) is 24.2 Å². The third-order valence-electron chi connectivity index (χ3n) is 3.59. The van der Waals surface area contributed by atoms with Gasteiger partial charge in [0.25, 0.3) is 0 Å². The zero-order valence-corrected chi connectivity index (χ0v) is 10.7. The maximum Gasteiger partial charge on any atom is 0.328 e. The average Bonchev–Trinajstić information content (AvgIpc) is 2.90. The summed E-state index contributed by atoms with van der Waals surface area (Å²) in [5, 5.41) is 8.57. The molecule has 0 radical (unpaired) electrons. The van der Waals surface area contributed by atoms with Crippen molar-refractivity contribution in [3.05, 3.63) is 35.9 Å². The van der Waals surface area contributed by atoms with Gasteiger partial charge < -0.3 is 10.0 Å². The predicted molar refractivity (Wildman–Crippen MR) is 73.8 cm³/mol. The van der Waals surface area contributed by atoms with E-state index in [1.807, 2.05) is 12.1 Å². The third-order valence-corrected chi connectivity index (χ3v) is 3.59. The molecule has 18 heavy (non-hydrogen) atoms. The van der Waals surface area contributed by atoms with Crippen molar-refractivity contribution in [2.24, 2.45) is 0 Å². The van der Waals surface area contributed by atoms with Gasteiger partial charge in [-0.15, -0.1) is 0 Å². The molecular formula is C15H19NO2. The highest BCUT2D eigenvalue weighted by Gasteiger charge is 2.19. The van der Waals surface area contributed by atoms with Crippen molar-refractivity contribution in [3.8, 4) is 0 Å². The van der Waals surface area contributed by atoms with Crippen LogP contribution in [0.5, 0.6) is 0 Å². The monoisotopic (exact) mass is 245 g/mol. The molecule has 1 aliphatic rings. The molecule has 2 rings (SSSR count). The molecule has 0 bridgehead atoms. The maximum atomic E-state index is 10.4. The number of benzene rings is 1. The average molecular weight is 245 g/mol. The van der Waals surface area contributed by atoms with Gasteiger partial charge in [-0.3, -0.25) is 0 Å². The lowest BCUT2D eigenvalue weighted by Gasteiger charge is -2.26. The fourth-order valence-electron chi connectivity index (χ4n) is 2.49. The van der Waals surface area contributed by atoms with E-state index < -0.39 is 5.97 Å². The number of aliphatic carboxylic acids is 1. The molecule has 96 valence electrons. The molecular weight excluding hydrogens is 226 g/mol. The molecule has 0 spiro atoms. The summed E-state index contributed by atoms with van der Waals surface area (Å²) in [4.78, 5) is 12.8. The maximum absolute atomic E-state index is 10.4. The normalized spacial score (nSPS) is 16.3. The highest BCUT2D eigenvalue weighted by molar-refractivity contribution is 5.85. The van der Waals surface area contributed by atoms with Crippen molar-refractivity contribution in [2.45, 2.75) is 31.7 Å². The molecule has 1 aromatic rings. The molecule has 0 aromatic heterocycles. The van der Waals surface area contributed by atoms with Crippen molar-refractivity contribution in [2.75, 3.05) is 11.9 Å². The first kappa shape index (κ1) is 12.7. The molecule has 0 aliphatic heterocycles. The Morgan fingerprint density at radius 2 is 1.89 bits per heavy atom. The summed E-state index contributed by atoms with van der Waals surface area (Å²) in [7, 11) is 2.14. The molecule has 1 saturated carbocycles. The lowest BCUT2D eigenvalue weighted by Crippen LogP contribution is -2.28. The van der Waals surface area contributed by atoms with E-state index in [9.17, 15) is 4.79 Å². The minimum atomic E-state index is -0.915. The molecule has 0 atom stereocenters. The highest BCUT2D eigenvalue weighted by atomic mass is 16.4. The van der Waals surface area contributed by atoms with Crippen molar-refractivity contribution < 1.29 is 9.90 Å². The zero-order chi connectivity index (χ0) is 13.0. The quantitative estimate of drug-likeness (QED) is 0.828. The van der Waals surface area contributed by atoms with Crippen LogP contribution < -0.4 is 4.90 Å². The summed E-state index contributed by atoms with van der Waals surface area (Å²) >= 11 is 0. The Hall–Kier alpha value is -1.77. The van der Waals surface area contributed by atoms with E-state index in [4.69, 9.17) is 5.11 Å². The van der Waals surface area contributed by atoms with Crippen LogP contribution >= 0.6 is 0 Å². The number of hydrogen-bond donors (Lipinski definition) is 1. The zero-order valence-electron chi connectivity index (χ0n) is 10.7. The molecule has 0 heterocycles. The number of nitrogens with zero attached hydrogens (tertiary/aromatic N) is 1. The van der Waals surface area contributed by atoms with Crippen LogP contribution in [0.2, 0.25) is 0 Å². The number of carboxylic acid groups (broad SMARTS) is 1. The summed E-state index contributed by atoms with van der Waals surface area (Å²) in [5.41, 5.74) is 2.12. The van der Waals surface area contributed by atoms with Crippen LogP contribution in [0.4, 0.5) is 5.69 Å². The first-order valence-electron chi connectivity index (χ1n) is 6.41. The Labute approximate surface area is 108 Å². The lowest BCUT2D eigenvalue weighted by molar-refractivity contribution is -0.131. The summed E-state index contributed by atoms with van der Waals surface area (Å²) < 4.78 is 0. The minimum Gasteiger partial charge on any atom is -0.478 e. The Balaban J connectivity index is 2.04. The second kappa shape index (κ2) is 5.71. The highest BCUT2D eigenvalue weighted by Crippen LogP contribution is 2.27. The number of rotatable bonds is 4. The smallest absolute Gasteiger partial charge is 0.328 e. The van der Waals surface area contributed by atoms with Gasteiger partial charge in [0.1, 0.15) is 0 Å². The number of anilines is 1. The van der Waals surface area contributed by atoms with Gasteiger partial charge in [-0.1, -0.05) is 25.0 Å². The summed E-state index contributed by atoms with van der Waals surface area (Å²) in [6, 6.07) is 8.69. The van der Waals surface area contributed by atoms with E-state index in [1.165, 1.54) is 31.4 Å². The van der Waals surface area contributed by atoms with Crippen molar-refractivity contribution in [1.29, 1.82) is 0 Å². The number of carbonyl (C=O) groups is 1.